The highest BCUT2D eigenvalue weighted by atomic mass is 16.6. The van der Waals surface area contributed by atoms with Gasteiger partial charge in [0.05, 0.1) is 20.1 Å². The van der Waals surface area contributed by atoms with Gasteiger partial charge in [-0.2, -0.15) is 0 Å². The molecule has 172 valence electrons. The molecule has 1 aliphatic heterocycles. The summed E-state index contributed by atoms with van der Waals surface area (Å²) in [4.78, 5) is 21.6. The Hall–Kier alpha value is -2.31. The highest BCUT2D eigenvalue weighted by molar-refractivity contribution is 5.81. The monoisotopic (exact) mass is 438 g/mol. The number of ether oxygens (including phenoxy) is 1. The van der Waals surface area contributed by atoms with Gasteiger partial charge in [-0.25, -0.2) is 14.8 Å². The van der Waals surface area contributed by atoms with E-state index < -0.39 is 11.6 Å². The van der Waals surface area contributed by atoms with Crippen LogP contribution in [0.15, 0.2) is 49.1 Å². The van der Waals surface area contributed by atoms with E-state index in [0.29, 0.717) is 5.56 Å². The van der Waals surface area contributed by atoms with Crippen LogP contribution in [-0.4, -0.2) is 58.3 Å². The van der Waals surface area contributed by atoms with Crippen LogP contribution in [0.1, 0.15) is 56.1 Å². The van der Waals surface area contributed by atoms with Crippen LogP contribution in [0.4, 0.5) is 0 Å². The first-order chi connectivity index (χ1) is 15.5. The minimum absolute atomic E-state index is 0.0741. The molecular weight excluding hydrogens is 402 g/mol. The smallest absolute Gasteiger partial charge is 0.343 e. The maximum absolute atomic E-state index is 13.4. The number of likely N-dealkylation sites (N-methyl/N-ethyl adjacent to an activating group) is 1. The fraction of sp³-hybridized carbons (Fsp3) is 0.577. The van der Waals surface area contributed by atoms with Crippen molar-refractivity contribution in [3.05, 3.63) is 60.2 Å². The van der Waals surface area contributed by atoms with Gasteiger partial charge in [0, 0.05) is 31.2 Å². The highest BCUT2D eigenvalue weighted by Crippen LogP contribution is 2.42. The molecule has 2 aromatic rings. The number of aliphatic hydroxyl groups is 1. The fourth-order valence-corrected chi connectivity index (χ4v) is 5.60. The molecule has 0 bridgehead atoms. The van der Waals surface area contributed by atoms with Gasteiger partial charge < -0.3 is 14.3 Å². The lowest BCUT2D eigenvalue weighted by molar-refractivity contribution is -0.917. The van der Waals surface area contributed by atoms with Crippen LogP contribution in [0.3, 0.4) is 0 Å². The number of hydrogen-bond acceptors (Lipinski definition) is 5. The molecule has 1 saturated heterocycles. The second-order valence-corrected chi connectivity index (χ2v) is 9.88. The Labute approximate surface area is 191 Å². The minimum atomic E-state index is -1.55. The number of aromatic nitrogens is 2. The summed E-state index contributed by atoms with van der Waals surface area (Å²) < 4.78 is 6.95. The van der Waals surface area contributed by atoms with E-state index in [1.54, 1.807) is 6.33 Å². The summed E-state index contributed by atoms with van der Waals surface area (Å²) in [6.45, 7) is 2.91. The van der Waals surface area contributed by atoms with Crippen molar-refractivity contribution in [1.82, 2.24) is 9.97 Å². The molecule has 1 aromatic carbocycles. The highest BCUT2D eigenvalue weighted by Gasteiger charge is 2.49. The van der Waals surface area contributed by atoms with Crippen LogP contribution in [0.5, 0.6) is 0 Å². The molecule has 3 atom stereocenters. The Kier molecular flexibility index (Phi) is 7.21. The maximum atomic E-state index is 13.4. The van der Waals surface area contributed by atoms with Crippen LogP contribution in [0.2, 0.25) is 0 Å². The van der Waals surface area contributed by atoms with Gasteiger partial charge in [0.2, 0.25) is 0 Å². The quantitative estimate of drug-likeness (QED) is 0.503. The number of esters is 1. The Morgan fingerprint density at radius 1 is 1.12 bits per heavy atom. The Balaban J connectivity index is 1.40. The molecule has 1 N–H and O–H groups in total. The number of piperidine rings is 1. The summed E-state index contributed by atoms with van der Waals surface area (Å²) >= 11 is 0. The number of benzene rings is 1. The van der Waals surface area contributed by atoms with E-state index >= 15 is 0 Å². The molecule has 0 radical (unpaired) electrons. The van der Waals surface area contributed by atoms with Crippen LogP contribution in [-0.2, 0) is 21.6 Å². The molecule has 6 heteroatoms. The molecule has 0 amide bonds. The zero-order valence-corrected chi connectivity index (χ0v) is 19.2. The lowest BCUT2D eigenvalue weighted by Crippen LogP contribution is -2.55. The molecule has 1 aromatic heterocycles. The zero-order chi connectivity index (χ0) is 22.4. The average molecular weight is 439 g/mol. The van der Waals surface area contributed by atoms with E-state index in [1.165, 1.54) is 0 Å². The van der Waals surface area contributed by atoms with Gasteiger partial charge in [-0.1, -0.05) is 43.2 Å². The summed E-state index contributed by atoms with van der Waals surface area (Å²) in [5.41, 5.74) is 0.268. The third kappa shape index (κ3) is 5.18. The molecule has 0 spiro atoms. The number of aryl methyl sites for hydroxylation is 1. The molecule has 2 heterocycles. The van der Waals surface area contributed by atoms with Crippen LogP contribution in [0.25, 0.3) is 0 Å². The van der Waals surface area contributed by atoms with E-state index in [4.69, 9.17) is 4.74 Å². The first kappa shape index (κ1) is 22.9. The van der Waals surface area contributed by atoms with Gasteiger partial charge in [0.1, 0.15) is 12.9 Å². The van der Waals surface area contributed by atoms with Gasteiger partial charge in [-0.15, -0.1) is 0 Å². The third-order valence-electron chi connectivity index (χ3n) is 7.39. The summed E-state index contributed by atoms with van der Waals surface area (Å²) in [6.07, 6.45) is 12.9. The predicted octanol–water partition coefficient (Wildman–Crippen LogP) is 3.64. The average Bonchev–Trinajstić information content (AvgIpc) is 3.35. The van der Waals surface area contributed by atoms with Gasteiger partial charge in [-0.3, -0.25) is 0 Å². The summed E-state index contributed by atoms with van der Waals surface area (Å²) in [5, 5.41) is 11.7. The zero-order valence-electron chi connectivity index (χ0n) is 19.2. The van der Waals surface area contributed by atoms with E-state index in [0.717, 1.165) is 81.0 Å². The van der Waals surface area contributed by atoms with Gasteiger partial charge >= 0.3 is 5.97 Å². The van der Waals surface area contributed by atoms with E-state index in [9.17, 15) is 9.90 Å². The van der Waals surface area contributed by atoms with Crippen molar-refractivity contribution >= 4 is 5.97 Å². The van der Waals surface area contributed by atoms with Crippen molar-refractivity contribution in [2.45, 2.75) is 63.1 Å². The van der Waals surface area contributed by atoms with Crippen LogP contribution in [0, 0.1) is 5.92 Å². The molecule has 1 aliphatic carbocycles. The van der Waals surface area contributed by atoms with E-state index in [1.807, 2.05) is 42.7 Å². The lowest BCUT2D eigenvalue weighted by atomic mass is 9.80. The van der Waals surface area contributed by atoms with E-state index in [2.05, 4.69) is 17.0 Å². The Morgan fingerprint density at radius 2 is 1.84 bits per heavy atom. The van der Waals surface area contributed by atoms with Gasteiger partial charge in [0.15, 0.2) is 11.7 Å². The van der Waals surface area contributed by atoms with Gasteiger partial charge in [0.25, 0.3) is 0 Å². The molecule has 4 rings (SSSR count). The molecular formula is C26H36N3O3+. The second-order valence-electron chi connectivity index (χ2n) is 9.88. The predicted molar refractivity (Wildman–Crippen MR) is 123 cm³/mol. The number of quaternary nitrogens is 1. The maximum Gasteiger partial charge on any atom is 0.343 e. The minimum Gasteiger partial charge on any atom is -0.454 e. The molecule has 2 fully saturated rings. The number of rotatable bonds is 8. The standard InChI is InChI=1S/C26H36N3O3/c1-29(15-7-9-21-17-27-20-28-18-21)16-8-14-24(19-29)32-25(30)26(31,23-12-5-6-13-23)22-10-3-2-4-11-22/h2-4,10-11,17-18,20,23-24,31H,5-9,12-16,19H2,1H3/q+1/t24?,26-,29?/m0/s1. The van der Waals surface area contributed by atoms with Crippen molar-refractivity contribution in [1.29, 1.82) is 0 Å². The number of hydrogen-bond donors (Lipinski definition) is 1. The fourth-order valence-electron chi connectivity index (χ4n) is 5.60. The van der Waals surface area contributed by atoms with Crippen molar-refractivity contribution in [2.75, 3.05) is 26.7 Å². The molecule has 32 heavy (non-hydrogen) atoms. The largest absolute Gasteiger partial charge is 0.454 e. The van der Waals surface area contributed by atoms with Crippen molar-refractivity contribution in [3.8, 4) is 0 Å². The summed E-state index contributed by atoms with van der Waals surface area (Å²) in [6, 6.07) is 9.39. The van der Waals surface area contributed by atoms with Crippen molar-refractivity contribution in [2.24, 2.45) is 5.92 Å². The number of carbonyl (C=O) groups is 1. The SMILES string of the molecule is C[N+]1(CCCc2cncnc2)CCCC(OC(=O)[C@](O)(c2ccccc2)C2CCCC2)C1. The Bertz CT molecular complexity index is 872. The number of nitrogens with zero attached hydrogens (tertiary/aromatic N) is 3. The normalized spacial score (nSPS) is 25.9. The first-order valence-corrected chi connectivity index (χ1v) is 12.1. The van der Waals surface area contributed by atoms with Crippen molar-refractivity contribution < 1.29 is 19.1 Å². The summed E-state index contributed by atoms with van der Waals surface area (Å²) in [5.74, 6) is -0.537. The van der Waals surface area contributed by atoms with Gasteiger partial charge in [-0.05, 0) is 36.8 Å². The number of likely N-dealkylation sites (tertiary alicyclic amines) is 1. The number of carbonyl (C=O) groups excluding carboxylic acids is 1. The topological polar surface area (TPSA) is 72.3 Å². The molecule has 6 nitrogen and oxygen atoms in total. The Morgan fingerprint density at radius 3 is 2.56 bits per heavy atom. The second kappa shape index (κ2) is 10.1. The third-order valence-corrected chi connectivity index (χ3v) is 7.39. The molecule has 1 saturated carbocycles. The molecule has 2 unspecified atom stereocenters. The first-order valence-electron chi connectivity index (χ1n) is 12.1. The van der Waals surface area contributed by atoms with Crippen LogP contribution < -0.4 is 0 Å². The lowest BCUT2D eigenvalue weighted by Gasteiger charge is -2.42. The summed E-state index contributed by atoms with van der Waals surface area (Å²) in [7, 11) is 2.25. The van der Waals surface area contributed by atoms with Crippen LogP contribution >= 0.6 is 0 Å². The van der Waals surface area contributed by atoms with E-state index in [-0.39, 0.29) is 12.0 Å². The molecule has 2 aliphatic rings. The van der Waals surface area contributed by atoms with Crippen molar-refractivity contribution in [3.63, 3.8) is 0 Å².